The van der Waals surface area contributed by atoms with Gasteiger partial charge in [0.05, 0.1) is 0 Å². The Morgan fingerprint density at radius 1 is 1.19 bits per heavy atom. The van der Waals surface area contributed by atoms with Gasteiger partial charge in [-0.25, -0.2) is 9.59 Å². The van der Waals surface area contributed by atoms with Crippen LogP contribution in [0.5, 0.6) is 0 Å². The number of aliphatic carboxylic acids is 1. The van der Waals surface area contributed by atoms with Crippen LogP contribution in [0.15, 0.2) is 24.3 Å². The van der Waals surface area contributed by atoms with Gasteiger partial charge in [0.15, 0.2) is 0 Å². The zero-order chi connectivity index (χ0) is 15.0. The van der Waals surface area contributed by atoms with Crippen molar-refractivity contribution in [1.29, 1.82) is 0 Å². The van der Waals surface area contributed by atoms with Crippen molar-refractivity contribution >= 4 is 12.0 Å². The van der Waals surface area contributed by atoms with Crippen LogP contribution in [-0.4, -0.2) is 45.5 Å². The zero-order valence-electron chi connectivity index (χ0n) is 12.2. The number of fused-ring (bicyclic) bond motifs is 1. The van der Waals surface area contributed by atoms with Gasteiger partial charge in [0.1, 0.15) is 6.04 Å². The number of hydrogen-bond acceptors (Lipinski definition) is 2. The number of carboxylic acid groups (broad SMARTS) is 1. The Kier molecular flexibility index (Phi) is 3.57. The molecule has 0 saturated carbocycles. The first kappa shape index (κ1) is 13.9. The van der Waals surface area contributed by atoms with Gasteiger partial charge in [-0.05, 0) is 30.9 Å². The lowest BCUT2D eigenvalue weighted by Gasteiger charge is -2.38. The van der Waals surface area contributed by atoms with Crippen LogP contribution in [0.1, 0.15) is 30.9 Å². The second-order valence-electron chi connectivity index (χ2n) is 5.92. The SMILES string of the molecule is CC1CCCN1C(=O)N1Cc2ccccc2C[C@H]1C(=O)O. The minimum Gasteiger partial charge on any atom is -0.480 e. The molecule has 0 spiro atoms. The fourth-order valence-corrected chi connectivity index (χ4v) is 3.33. The van der Waals surface area contributed by atoms with E-state index in [4.69, 9.17) is 0 Å². The van der Waals surface area contributed by atoms with Crippen molar-refractivity contribution in [2.24, 2.45) is 0 Å². The maximum Gasteiger partial charge on any atom is 0.326 e. The standard InChI is InChI=1S/C16H20N2O3/c1-11-5-4-8-17(11)16(21)18-10-13-7-3-2-6-12(13)9-14(18)15(19)20/h2-3,6-7,11,14H,4-5,8-10H2,1H3,(H,19,20)/t11?,14-/m0/s1. The van der Waals surface area contributed by atoms with Crippen molar-refractivity contribution in [3.8, 4) is 0 Å². The van der Waals surface area contributed by atoms with Gasteiger partial charge in [0.2, 0.25) is 0 Å². The average molecular weight is 288 g/mol. The third-order valence-corrected chi connectivity index (χ3v) is 4.58. The van der Waals surface area contributed by atoms with Crippen LogP contribution in [0.4, 0.5) is 4.79 Å². The summed E-state index contributed by atoms with van der Waals surface area (Å²) in [5, 5.41) is 9.48. The first-order valence-corrected chi connectivity index (χ1v) is 7.44. The first-order chi connectivity index (χ1) is 10.1. The molecule has 0 radical (unpaired) electrons. The number of urea groups is 1. The average Bonchev–Trinajstić information content (AvgIpc) is 2.91. The van der Waals surface area contributed by atoms with E-state index in [9.17, 15) is 14.7 Å². The molecule has 1 aromatic carbocycles. The van der Waals surface area contributed by atoms with E-state index < -0.39 is 12.0 Å². The Balaban J connectivity index is 1.89. The predicted octanol–water partition coefficient (Wildman–Crippen LogP) is 2.10. The van der Waals surface area contributed by atoms with E-state index in [0.717, 1.165) is 30.5 Å². The van der Waals surface area contributed by atoms with Gasteiger partial charge in [0.25, 0.3) is 0 Å². The van der Waals surface area contributed by atoms with Crippen molar-refractivity contribution in [1.82, 2.24) is 9.80 Å². The Morgan fingerprint density at radius 2 is 1.90 bits per heavy atom. The summed E-state index contributed by atoms with van der Waals surface area (Å²) in [6.45, 7) is 3.14. The fourth-order valence-electron chi connectivity index (χ4n) is 3.33. The number of hydrogen-bond donors (Lipinski definition) is 1. The lowest BCUT2D eigenvalue weighted by atomic mass is 9.94. The highest BCUT2D eigenvalue weighted by molar-refractivity contribution is 5.84. The molecule has 2 aliphatic rings. The number of benzene rings is 1. The minimum absolute atomic E-state index is 0.137. The number of carboxylic acids is 1. The molecule has 0 bridgehead atoms. The van der Waals surface area contributed by atoms with E-state index in [0.29, 0.717) is 13.0 Å². The lowest BCUT2D eigenvalue weighted by molar-refractivity contribution is -0.142. The van der Waals surface area contributed by atoms with Crippen molar-refractivity contribution in [2.45, 2.75) is 44.8 Å². The lowest BCUT2D eigenvalue weighted by Crippen LogP contribution is -2.54. The summed E-state index contributed by atoms with van der Waals surface area (Å²) < 4.78 is 0. The topological polar surface area (TPSA) is 60.9 Å². The fraction of sp³-hybridized carbons (Fsp3) is 0.500. The number of nitrogens with zero attached hydrogens (tertiary/aromatic N) is 2. The molecule has 3 rings (SSSR count). The molecule has 2 heterocycles. The van der Waals surface area contributed by atoms with Gasteiger partial charge in [-0.1, -0.05) is 24.3 Å². The summed E-state index contributed by atoms with van der Waals surface area (Å²) in [5.41, 5.74) is 2.08. The van der Waals surface area contributed by atoms with Crippen molar-refractivity contribution in [3.05, 3.63) is 35.4 Å². The minimum atomic E-state index is -0.926. The quantitative estimate of drug-likeness (QED) is 0.861. The summed E-state index contributed by atoms with van der Waals surface area (Å²) >= 11 is 0. The molecule has 1 saturated heterocycles. The number of likely N-dealkylation sites (tertiary alicyclic amines) is 1. The molecule has 1 fully saturated rings. The monoisotopic (exact) mass is 288 g/mol. The van der Waals surface area contributed by atoms with Crippen molar-refractivity contribution < 1.29 is 14.7 Å². The van der Waals surface area contributed by atoms with E-state index >= 15 is 0 Å². The van der Waals surface area contributed by atoms with E-state index in [1.165, 1.54) is 4.90 Å². The van der Waals surface area contributed by atoms with Gasteiger partial charge < -0.3 is 14.9 Å². The largest absolute Gasteiger partial charge is 0.480 e. The normalized spacial score (nSPS) is 24.8. The van der Waals surface area contributed by atoms with E-state index in [1.54, 1.807) is 0 Å². The predicted molar refractivity (Wildman–Crippen MR) is 77.9 cm³/mol. The van der Waals surface area contributed by atoms with Crippen LogP contribution in [-0.2, 0) is 17.8 Å². The van der Waals surface area contributed by atoms with Gasteiger partial charge in [-0.15, -0.1) is 0 Å². The van der Waals surface area contributed by atoms with E-state index in [1.807, 2.05) is 36.1 Å². The molecule has 21 heavy (non-hydrogen) atoms. The Labute approximate surface area is 124 Å². The van der Waals surface area contributed by atoms with E-state index in [-0.39, 0.29) is 12.1 Å². The molecule has 0 aromatic heterocycles. The van der Waals surface area contributed by atoms with Gasteiger partial charge in [-0.2, -0.15) is 0 Å². The van der Waals surface area contributed by atoms with Crippen LogP contribution in [0.25, 0.3) is 0 Å². The summed E-state index contributed by atoms with van der Waals surface area (Å²) in [6, 6.07) is 7.07. The van der Waals surface area contributed by atoms with Crippen LogP contribution in [0, 0.1) is 0 Å². The molecular formula is C16H20N2O3. The molecule has 2 atom stereocenters. The summed E-state index contributed by atoms with van der Waals surface area (Å²) in [4.78, 5) is 27.6. The molecule has 5 nitrogen and oxygen atoms in total. The molecule has 2 amide bonds. The molecule has 0 aliphatic carbocycles. The Bertz CT molecular complexity index is 572. The van der Waals surface area contributed by atoms with Gasteiger partial charge >= 0.3 is 12.0 Å². The Morgan fingerprint density at radius 3 is 2.52 bits per heavy atom. The molecule has 1 unspecified atom stereocenters. The zero-order valence-corrected chi connectivity index (χ0v) is 12.2. The molecular weight excluding hydrogens is 268 g/mol. The Hall–Kier alpha value is -2.04. The third-order valence-electron chi connectivity index (χ3n) is 4.58. The number of carbonyl (C=O) groups excluding carboxylic acids is 1. The third kappa shape index (κ3) is 2.48. The summed E-state index contributed by atoms with van der Waals surface area (Å²) in [7, 11) is 0. The first-order valence-electron chi connectivity index (χ1n) is 7.44. The van der Waals surface area contributed by atoms with Crippen LogP contribution in [0.3, 0.4) is 0 Å². The van der Waals surface area contributed by atoms with Crippen molar-refractivity contribution in [2.75, 3.05) is 6.54 Å². The number of carbonyl (C=O) groups is 2. The molecule has 112 valence electrons. The maximum atomic E-state index is 12.7. The number of rotatable bonds is 1. The van der Waals surface area contributed by atoms with Gasteiger partial charge in [-0.3, -0.25) is 0 Å². The smallest absolute Gasteiger partial charge is 0.326 e. The second kappa shape index (κ2) is 5.39. The summed E-state index contributed by atoms with van der Waals surface area (Å²) in [5.74, 6) is -0.926. The van der Waals surface area contributed by atoms with Crippen LogP contribution < -0.4 is 0 Å². The highest BCUT2D eigenvalue weighted by Gasteiger charge is 2.38. The highest BCUT2D eigenvalue weighted by Crippen LogP contribution is 2.27. The second-order valence-corrected chi connectivity index (χ2v) is 5.92. The van der Waals surface area contributed by atoms with E-state index in [2.05, 4.69) is 0 Å². The summed E-state index contributed by atoms with van der Waals surface area (Å²) in [6.07, 6.45) is 2.38. The molecule has 1 aromatic rings. The molecule has 5 heteroatoms. The number of amides is 2. The van der Waals surface area contributed by atoms with Gasteiger partial charge in [0, 0.05) is 25.6 Å². The highest BCUT2D eigenvalue weighted by atomic mass is 16.4. The van der Waals surface area contributed by atoms with Crippen molar-refractivity contribution in [3.63, 3.8) is 0 Å². The molecule has 2 aliphatic heterocycles. The van der Waals surface area contributed by atoms with Crippen LogP contribution >= 0.6 is 0 Å². The maximum absolute atomic E-state index is 12.7. The molecule has 1 N–H and O–H groups in total. The van der Waals surface area contributed by atoms with Crippen LogP contribution in [0.2, 0.25) is 0 Å².